The van der Waals surface area contributed by atoms with Gasteiger partial charge in [0.1, 0.15) is 0 Å². The zero-order valence-electron chi connectivity index (χ0n) is 5.10. The summed E-state index contributed by atoms with van der Waals surface area (Å²) in [6, 6.07) is 0. The normalized spacial score (nSPS) is 9.00. The van der Waals surface area contributed by atoms with E-state index in [1.54, 1.807) is 0 Å². The second kappa shape index (κ2) is 6.10. The van der Waals surface area contributed by atoms with Crippen molar-refractivity contribution in [2.24, 2.45) is 0 Å². The minimum absolute atomic E-state index is 0. The highest BCUT2D eigenvalue weighted by Crippen LogP contribution is 1.83. The van der Waals surface area contributed by atoms with Crippen LogP contribution in [0, 0.1) is 0 Å². The third-order valence-corrected chi connectivity index (χ3v) is 0.481. The highest BCUT2D eigenvalue weighted by Gasteiger charge is 1.85. The van der Waals surface area contributed by atoms with Crippen molar-refractivity contribution in [1.29, 1.82) is 0 Å². The molecule has 0 amide bonds. The van der Waals surface area contributed by atoms with Crippen molar-refractivity contribution in [3.05, 3.63) is 0 Å². The number of rotatable bonds is 2. The van der Waals surface area contributed by atoms with Gasteiger partial charge in [0.15, 0.2) is 10.5 Å². The van der Waals surface area contributed by atoms with Crippen LogP contribution in [0.5, 0.6) is 0 Å². The van der Waals surface area contributed by atoms with Gasteiger partial charge in [0.05, 0.1) is 6.10 Å². The topological polar surface area (TPSA) is 53.5 Å². The fourth-order valence-corrected chi connectivity index (χ4v) is 0.577. The molecule has 0 saturated carbocycles. The first kappa shape index (κ1) is 10.2. The molecular formula is C3H13NO2Si. The van der Waals surface area contributed by atoms with E-state index in [4.69, 9.17) is 0 Å². The summed E-state index contributed by atoms with van der Waals surface area (Å²) >= 11 is 0. The van der Waals surface area contributed by atoms with Gasteiger partial charge in [-0.05, 0) is 13.8 Å². The van der Waals surface area contributed by atoms with Crippen molar-refractivity contribution < 1.29 is 9.46 Å². The van der Waals surface area contributed by atoms with Crippen LogP contribution in [-0.2, 0) is 9.46 Å². The molecule has 3 N–H and O–H groups in total. The molecule has 0 radical (unpaired) electrons. The van der Waals surface area contributed by atoms with Gasteiger partial charge in [-0.1, -0.05) is 0 Å². The highest BCUT2D eigenvalue weighted by atomic mass is 28.2. The summed E-state index contributed by atoms with van der Waals surface area (Å²) in [5.74, 6) is 0. The van der Waals surface area contributed by atoms with Crippen molar-refractivity contribution in [3.63, 3.8) is 0 Å². The molecule has 0 aliphatic rings. The Bertz CT molecular complexity index is 34.1. The molecule has 4 heteroatoms. The van der Waals surface area contributed by atoms with Crippen molar-refractivity contribution in [2.75, 3.05) is 0 Å². The smallest absolute Gasteiger partial charge is 0.193 e. The number of hydrogen-bond donors (Lipinski definition) is 1. The molecule has 0 atom stereocenters. The van der Waals surface area contributed by atoms with E-state index < -0.39 is 0 Å². The van der Waals surface area contributed by atoms with E-state index in [0.717, 1.165) is 0 Å². The molecular weight excluding hydrogens is 110 g/mol. The highest BCUT2D eigenvalue weighted by molar-refractivity contribution is 5.97. The van der Waals surface area contributed by atoms with Crippen molar-refractivity contribution in [2.45, 2.75) is 20.0 Å². The van der Waals surface area contributed by atoms with E-state index in [9.17, 15) is 0 Å². The Morgan fingerprint density at radius 3 is 1.86 bits per heavy atom. The molecule has 0 spiro atoms. The molecule has 0 aromatic carbocycles. The van der Waals surface area contributed by atoms with Crippen LogP contribution < -0.4 is 6.15 Å². The lowest BCUT2D eigenvalue weighted by Gasteiger charge is -1.99. The average molecular weight is 123 g/mol. The Morgan fingerprint density at radius 1 is 1.43 bits per heavy atom. The summed E-state index contributed by atoms with van der Waals surface area (Å²) in [7, 11) is 0.665. The first-order valence-electron chi connectivity index (χ1n) is 1.97. The molecule has 46 valence electrons. The molecule has 3 nitrogen and oxygen atoms in total. The third-order valence-electron chi connectivity index (χ3n) is 0.289. The second-order valence-electron chi connectivity index (χ2n) is 1.31. The second-order valence-corrected chi connectivity index (χ2v) is 1.64. The van der Waals surface area contributed by atoms with Gasteiger partial charge in [-0.2, -0.15) is 0 Å². The van der Waals surface area contributed by atoms with Gasteiger partial charge in [-0.25, -0.2) is 4.89 Å². The summed E-state index contributed by atoms with van der Waals surface area (Å²) in [5.41, 5.74) is 0. The van der Waals surface area contributed by atoms with Crippen LogP contribution in [-0.4, -0.2) is 16.6 Å². The molecule has 0 unspecified atom stereocenters. The van der Waals surface area contributed by atoms with Crippen LogP contribution in [0.25, 0.3) is 0 Å². The molecule has 0 heterocycles. The molecule has 0 rings (SSSR count). The van der Waals surface area contributed by atoms with E-state index in [-0.39, 0.29) is 12.3 Å². The fraction of sp³-hybridized carbons (Fsp3) is 1.00. The minimum atomic E-state index is 0. The zero-order valence-corrected chi connectivity index (χ0v) is 7.10. The van der Waals surface area contributed by atoms with Crippen LogP contribution in [0.3, 0.4) is 0 Å². The zero-order chi connectivity index (χ0) is 4.99. The molecule has 7 heavy (non-hydrogen) atoms. The van der Waals surface area contributed by atoms with E-state index >= 15 is 0 Å². The van der Waals surface area contributed by atoms with Crippen LogP contribution in [0.4, 0.5) is 0 Å². The van der Waals surface area contributed by atoms with E-state index in [1.165, 1.54) is 0 Å². The molecule has 0 bridgehead atoms. The maximum Gasteiger partial charge on any atom is 0.193 e. The van der Waals surface area contributed by atoms with Gasteiger partial charge in [0, 0.05) is 0 Å². The van der Waals surface area contributed by atoms with Gasteiger partial charge in [0.25, 0.3) is 0 Å². The average Bonchev–Trinajstić information content (AvgIpc) is 1.35. The fourth-order valence-electron chi connectivity index (χ4n) is 0.192. The van der Waals surface area contributed by atoms with Crippen molar-refractivity contribution >= 4 is 10.5 Å². The lowest BCUT2D eigenvalue weighted by molar-refractivity contribution is -0.232. The maximum absolute atomic E-state index is 4.60. The van der Waals surface area contributed by atoms with Crippen LogP contribution in [0.2, 0.25) is 0 Å². The van der Waals surface area contributed by atoms with Crippen LogP contribution >= 0.6 is 0 Å². The molecule has 0 fully saturated rings. The molecule has 0 aliphatic carbocycles. The quantitative estimate of drug-likeness (QED) is 0.314. The Kier molecular flexibility index (Phi) is 8.84. The standard InChI is InChI=1S/C3H10O2Si.H3N/c1-3(2)4-5-6;/h3H,1-2,6H3;1H3. The SMILES string of the molecule is CC(C)OO[SiH3].N. The summed E-state index contributed by atoms with van der Waals surface area (Å²) in [4.78, 5) is 4.60. The number of hydrogen-bond acceptors (Lipinski definition) is 3. The monoisotopic (exact) mass is 123 g/mol. The minimum Gasteiger partial charge on any atom is -0.344 e. The predicted octanol–water partition coefficient (Wildman–Crippen LogP) is -0.215. The van der Waals surface area contributed by atoms with Gasteiger partial charge in [-0.3, -0.25) is 4.58 Å². The van der Waals surface area contributed by atoms with E-state index in [2.05, 4.69) is 9.46 Å². The Balaban J connectivity index is 0. The van der Waals surface area contributed by atoms with Gasteiger partial charge in [0.2, 0.25) is 0 Å². The molecule has 0 aromatic rings. The summed E-state index contributed by atoms with van der Waals surface area (Å²) in [5, 5.41) is 0. The summed E-state index contributed by atoms with van der Waals surface area (Å²) in [6.07, 6.45) is 0.211. The Labute approximate surface area is 47.1 Å². The van der Waals surface area contributed by atoms with Gasteiger partial charge < -0.3 is 6.15 Å². The third kappa shape index (κ3) is 10.7. The van der Waals surface area contributed by atoms with Crippen molar-refractivity contribution in [1.82, 2.24) is 6.15 Å². The Hall–Kier alpha value is 0.0969. The molecule has 0 aromatic heterocycles. The van der Waals surface area contributed by atoms with Gasteiger partial charge >= 0.3 is 0 Å². The van der Waals surface area contributed by atoms with Crippen LogP contribution in [0.1, 0.15) is 13.8 Å². The summed E-state index contributed by atoms with van der Waals surface area (Å²) < 4.78 is 4.44. The maximum atomic E-state index is 4.60. The lowest BCUT2D eigenvalue weighted by atomic mass is 10.5. The first-order chi connectivity index (χ1) is 2.77. The summed E-state index contributed by atoms with van der Waals surface area (Å²) in [6.45, 7) is 3.86. The van der Waals surface area contributed by atoms with Crippen molar-refractivity contribution in [3.8, 4) is 0 Å². The molecule has 0 aliphatic heterocycles. The lowest BCUT2D eigenvalue weighted by Crippen LogP contribution is -2.00. The van der Waals surface area contributed by atoms with E-state index in [0.29, 0.717) is 10.5 Å². The molecule has 0 saturated heterocycles. The first-order valence-corrected chi connectivity index (χ1v) is 2.78. The van der Waals surface area contributed by atoms with E-state index in [1.807, 2.05) is 13.8 Å². The largest absolute Gasteiger partial charge is 0.344 e. The Morgan fingerprint density at radius 2 is 1.86 bits per heavy atom. The van der Waals surface area contributed by atoms with Gasteiger partial charge in [-0.15, -0.1) is 0 Å². The van der Waals surface area contributed by atoms with Crippen LogP contribution in [0.15, 0.2) is 0 Å². The predicted molar refractivity (Wildman–Crippen MR) is 32.3 cm³/mol.